The van der Waals surface area contributed by atoms with E-state index in [0.717, 1.165) is 67.9 Å². The van der Waals surface area contributed by atoms with Crippen LogP contribution in [0.3, 0.4) is 0 Å². The number of nitrogens with two attached hydrogens (primary N) is 1. The number of hydrogen-bond acceptors (Lipinski definition) is 11. The summed E-state index contributed by atoms with van der Waals surface area (Å²) < 4.78 is 0. The fourth-order valence-electron chi connectivity index (χ4n) is 4.72. The lowest BCUT2D eigenvalue weighted by Crippen LogP contribution is -2.38. The second-order valence-electron chi connectivity index (χ2n) is 10.1. The number of aliphatic hydroxyl groups excluding tert-OH is 2. The molecule has 0 amide bonds. The van der Waals surface area contributed by atoms with Crippen LogP contribution < -0.4 is 15.5 Å². The van der Waals surface area contributed by atoms with Crippen LogP contribution in [0.2, 0.25) is 15.9 Å². The zero-order valence-corrected chi connectivity index (χ0v) is 25.7. The van der Waals surface area contributed by atoms with Gasteiger partial charge < -0.3 is 25.7 Å². The third-order valence-corrected chi connectivity index (χ3v) is 7.37. The molecule has 0 radical (unpaired) electrons. The summed E-state index contributed by atoms with van der Waals surface area (Å²) in [4.78, 5) is 26.9. The van der Waals surface area contributed by atoms with Crippen molar-refractivity contribution >= 4 is 51.9 Å². The molecule has 0 aliphatic carbocycles. The Bertz CT molecular complexity index is 1400. The topological polar surface area (TPSA) is 150 Å². The number of β-amino-alcohol motifs (C(OH)–C–C–N with tert-alkyl or cyclic N) is 2. The molecule has 2 aliphatic heterocycles. The Morgan fingerprint density at radius 2 is 1.14 bits per heavy atom. The van der Waals surface area contributed by atoms with E-state index in [4.69, 9.17) is 40.5 Å². The van der Waals surface area contributed by atoms with Crippen LogP contribution >= 0.6 is 34.8 Å². The van der Waals surface area contributed by atoms with E-state index in [-0.39, 0.29) is 28.1 Å². The number of piperidine rings is 2. The van der Waals surface area contributed by atoms with Gasteiger partial charge in [0.15, 0.2) is 0 Å². The number of nitrogens with zero attached hydrogens (tertiary/aromatic N) is 8. The summed E-state index contributed by atoms with van der Waals surface area (Å²) in [6.45, 7) is 3.48. The Labute approximate surface area is 265 Å². The predicted octanol–water partition coefficient (Wildman–Crippen LogP) is 4.49. The molecule has 4 heterocycles. The number of aliphatic hydroxyl groups is 2. The minimum atomic E-state index is -0.217. The van der Waals surface area contributed by atoms with Gasteiger partial charge in [-0.25, -0.2) is 24.9 Å². The lowest BCUT2D eigenvalue weighted by Gasteiger charge is -2.32. The summed E-state index contributed by atoms with van der Waals surface area (Å²) >= 11 is 16.4. The number of hydrogen-bond donors (Lipinski definition) is 3. The highest BCUT2D eigenvalue weighted by atomic mass is 35.5. The molecule has 6 rings (SSSR count). The van der Waals surface area contributed by atoms with Gasteiger partial charge >= 0.3 is 0 Å². The van der Waals surface area contributed by atoms with Crippen molar-refractivity contribution in [3.8, 4) is 0 Å². The monoisotopic (exact) mass is 645 g/mol. The minimum Gasteiger partial charge on any atom is -0.399 e. The summed E-state index contributed by atoms with van der Waals surface area (Å²) in [5.74, 6) is 0.663. The molecule has 2 saturated heterocycles. The molecule has 2 atom stereocenters. The molecule has 0 bridgehead atoms. The van der Waals surface area contributed by atoms with Gasteiger partial charge in [-0.3, -0.25) is 0 Å². The SMILES string of the molecule is Clc1ncnc(Cl)n1.Nc1ccc(N2CCC[C@@H](O)C2)cc1.O[C@@H]1CCCN(c2ccc(Cc3ncnc(Cl)n3)cc2)C1. The van der Waals surface area contributed by atoms with Crippen LogP contribution in [0.1, 0.15) is 37.1 Å². The minimum absolute atomic E-state index is 0.116. The zero-order valence-electron chi connectivity index (χ0n) is 23.5. The molecule has 2 fully saturated rings. The number of aromatic nitrogens is 6. The first-order chi connectivity index (χ1) is 20.7. The molecule has 43 heavy (non-hydrogen) atoms. The average molecular weight is 647 g/mol. The van der Waals surface area contributed by atoms with Crippen LogP contribution in [0, 0.1) is 0 Å². The third kappa shape index (κ3) is 11.0. The molecule has 2 aromatic heterocycles. The lowest BCUT2D eigenvalue weighted by atomic mass is 10.1. The van der Waals surface area contributed by atoms with E-state index < -0.39 is 0 Å². The van der Waals surface area contributed by atoms with Gasteiger partial charge in [0.1, 0.15) is 18.5 Å². The van der Waals surface area contributed by atoms with E-state index in [2.05, 4.69) is 64.0 Å². The Balaban J connectivity index is 0.000000165. The number of benzene rings is 2. The fourth-order valence-corrected chi connectivity index (χ4v) is 5.15. The van der Waals surface area contributed by atoms with Crippen molar-refractivity contribution in [3.05, 3.63) is 88.4 Å². The van der Waals surface area contributed by atoms with Crippen molar-refractivity contribution in [2.45, 2.75) is 44.3 Å². The van der Waals surface area contributed by atoms with Crippen LogP contribution in [0.15, 0.2) is 61.2 Å². The second kappa shape index (κ2) is 16.5. The Kier molecular flexibility index (Phi) is 12.5. The highest BCUT2D eigenvalue weighted by Gasteiger charge is 2.18. The number of anilines is 3. The Morgan fingerprint density at radius 3 is 1.58 bits per heavy atom. The molecule has 4 N–H and O–H groups in total. The summed E-state index contributed by atoms with van der Waals surface area (Å²) in [7, 11) is 0. The first-order valence-electron chi connectivity index (χ1n) is 13.9. The van der Waals surface area contributed by atoms with E-state index >= 15 is 0 Å². The van der Waals surface area contributed by atoms with Crippen LogP contribution in [0.4, 0.5) is 17.1 Å². The van der Waals surface area contributed by atoms with Gasteiger partial charge in [0.05, 0.1) is 12.2 Å². The summed E-state index contributed by atoms with van der Waals surface area (Å²) in [6.07, 6.45) is 6.82. The lowest BCUT2D eigenvalue weighted by molar-refractivity contribution is 0.154. The largest absolute Gasteiger partial charge is 0.399 e. The van der Waals surface area contributed by atoms with Gasteiger partial charge in [0.2, 0.25) is 15.9 Å². The van der Waals surface area contributed by atoms with Gasteiger partial charge in [-0.05, 0) is 102 Å². The van der Waals surface area contributed by atoms with Gasteiger partial charge in [-0.1, -0.05) is 12.1 Å². The van der Waals surface area contributed by atoms with E-state index in [9.17, 15) is 10.2 Å². The highest BCUT2D eigenvalue weighted by Crippen LogP contribution is 2.22. The molecule has 11 nitrogen and oxygen atoms in total. The molecule has 4 aromatic rings. The van der Waals surface area contributed by atoms with Crippen LogP contribution in [-0.2, 0) is 6.42 Å². The average Bonchev–Trinajstić information content (AvgIpc) is 2.99. The van der Waals surface area contributed by atoms with Gasteiger partial charge in [0, 0.05) is 49.7 Å². The number of rotatable bonds is 4. The van der Waals surface area contributed by atoms with Crippen molar-refractivity contribution in [2.75, 3.05) is 41.7 Å². The maximum Gasteiger partial charge on any atom is 0.226 e. The maximum atomic E-state index is 9.74. The standard InChI is InChI=1S/C15H17ClN4O.C11H16N2O.C3HCl2N3/c16-15-18-10-17-14(19-15)8-11-3-5-12(6-4-11)20-7-1-2-13(21)9-20;12-9-3-5-10(6-4-9)13-7-1-2-11(14)8-13;4-2-6-1-7-3(5)8-2/h3-6,10,13,21H,1-2,7-9H2;3-6,11,14H,1-2,7-8,12H2;1H/t13-;11-;/m11./s1. The van der Waals surface area contributed by atoms with Gasteiger partial charge in [-0.2, -0.15) is 4.98 Å². The normalized spacial score (nSPS) is 18.2. The van der Waals surface area contributed by atoms with Crippen molar-refractivity contribution in [2.24, 2.45) is 0 Å². The molecule has 0 unspecified atom stereocenters. The molecule has 14 heteroatoms. The van der Waals surface area contributed by atoms with E-state index in [1.165, 1.54) is 12.7 Å². The predicted molar refractivity (Wildman–Crippen MR) is 170 cm³/mol. The van der Waals surface area contributed by atoms with E-state index in [1.807, 2.05) is 24.3 Å². The quantitative estimate of drug-likeness (QED) is 0.269. The number of halogens is 3. The van der Waals surface area contributed by atoms with Crippen LogP contribution in [0.5, 0.6) is 0 Å². The van der Waals surface area contributed by atoms with E-state index in [1.54, 1.807) is 0 Å². The molecule has 0 spiro atoms. The van der Waals surface area contributed by atoms with Crippen molar-refractivity contribution in [1.29, 1.82) is 0 Å². The first-order valence-corrected chi connectivity index (χ1v) is 15.0. The molecule has 2 aliphatic rings. The van der Waals surface area contributed by atoms with Crippen molar-refractivity contribution in [1.82, 2.24) is 29.9 Å². The smallest absolute Gasteiger partial charge is 0.226 e. The van der Waals surface area contributed by atoms with Crippen molar-refractivity contribution in [3.63, 3.8) is 0 Å². The van der Waals surface area contributed by atoms with Gasteiger partial charge in [0.25, 0.3) is 0 Å². The van der Waals surface area contributed by atoms with Crippen molar-refractivity contribution < 1.29 is 10.2 Å². The molecule has 2 aromatic carbocycles. The second-order valence-corrected chi connectivity index (χ2v) is 11.1. The first kappa shape index (κ1) is 32.6. The molecule has 228 valence electrons. The summed E-state index contributed by atoms with van der Waals surface area (Å²) in [5.41, 5.74) is 9.82. The summed E-state index contributed by atoms with van der Waals surface area (Å²) in [6, 6.07) is 16.1. The molecule has 0 saturated carbocycles. The molecular formula is C29H34Cl3N9O2. The third-order valence-electron chi connectivity index (χ3n) is 6.82. The Morgan fingerprint density at radius 1 is 0.674 bits per heavy atom. The maximum absolute atomic E-state index is 9.74. The number of nitrogen functional groups attached to an aromatic ring is 1. The molecular weight excluding hydrogens is 613 g/mol. The Hall–Kier alpha value is -3.35. The highest BCUT2D eigenvalue weighted by molar-refractivity contribution is 6.30. The van der Waals surface area contributed by atoms with Crippen LogP contribution in [-0.4, -0.2) is 78.5 Å². The van der Waals surface area contributed by atoms with Crippen LogP contribution in [0.25, 0.3) is 0 Å². The fraction of sp³-hybridized carbons (Fsp3) is 0.379. The summed E-state index contributed by atoms with van der Waals surface area (Å²) in [5, 5.41) is 19.7. The van der Waals surface area contributed by atoms with Gasteiger partial charge in [-0.15, -0.1) is 0 Å². The van der Waals surface area contributed by atoms with E-state index in [0.29, 0.717) is 18.8 Å². The zero-order chi connectivity index (χ0) is 30.6.